The summed E-state index contributed by atoms with van der Waals surface area (Å²) in [6.45, 7) is 2.02. The number of nitrogen functional groups attached to an aromatic ring is 1. The number of rotatable bonds is 4. The maximum atomic E-state index is 12.6. The number of amides is 1. The zero-order valence-corrected chi connectivity index (χ0v) is 14.0. The van der Waals surface area contributed by atoms with Gasteiger partial charge in [-0.05, 0) is 48.4 Å². The van der Waals surface area contributed by atoms with Crippen molar-refractivity contribution < 1.29 is 4.79 Å². The SMILES string of the molecule is CC[C@H](c1ccc(Cl)cc1Cl)N(C)C(=O)c1ccc(N)cc1. The zero-order valence-electron chi connectivity index (χ0n) is 12.5. The van der Waals surface area contributed by atoms with Gasteiger partial charge in [-0.1, -0.05) is 36.2 Å². The van der Waals surface area contributed by atoms with Gasteiger partial charge in [0.25, 0.3) is 5.91 Å². The van der Waals surface area contributed by atoms with E-state index in [1.54, 1.807) is 48.3 Å². The maximum absolute atomic E-state index is 12.6. The van der Waals surface area contributed by atoms with Crippen LogP contribution in [0, 0.1) is 0 Å². The molecule has 0 aromatic heterocycles. The number of halogens is 2. The van der Waals surface area contributed by atoms with Gasteiger partial charge in [0.2, 0.25) is 0 Å². The van der Waals surface area contributed by atoms with E-state index in [0.717, 1.165) is 12.0 Å². The fraction of sp³-hybridized carbons (Fsp3) is 0.235. The van der Waals surface area contributed by atoms with Crippen LogP contribution in [0.25, 0.3) is 0 Å². The first-order valence-corrected chi connectivity index (χ1v) is 7.77. The normalized spacial score (nSPS) is 12.0. The van der Waals surface area contributed by atoms with Gasteiger partial charge < -0.3 is 10.6 Å². The Hall–Kier alpha value is -1.71. The van der Waals surface area contributed by atoms with E-state index < -0.39 is 0 Å². The van der Waals surface area contributed by atoms with Crippen molar-refractivity contribution >= 4 is 34.8 Å². The third-order valence-corrected chi connectivity index (χ3v) is 4.22. The lowest BCUT2D eigenvalue weighted by Gasteiger charge is -2.28. The van der Waals surface area contributed by atoms with Crippen LogP contribution in [0.1, 0.15) is 35.3 Å². The van der Waals surface area contributed by atoms with Crippen molar-refractivity contribution in [3.8, 4) is 0 Å². The number of nitrogens with two attached hydrogens (primary N) is 1. The van der Waals surface area contributed by atoms with E-state index in [1.165, 1.54) is 0 Å². The van der Waals surface area contributed by atoms with Gasteiger partial charge in [0.1, 0.15) is 0 Å². The molecule has 1 amide bonds. The molecule has 2 N–H and O–H groups in total. The predicted octanol–water partition coefficient (Wildman–Crippen LogP) is 4.80. The van der Waals surface area contributed by atoms with Gasteiger partial charge in [0.05, 0.1) is 6.04 Å². The molecule has 2 rings (SSSR count). The molecule has 0 bridgehead atoms. The smallest absolute Gasteiger partial charge is 0.254 e. The highest BCUT2D eigenvalue weighted by Gasteiger charge is 2.23. The van der Waals surface area contributed by atoms with Gasteiger partial charge in [-0.3, -0.25) is 4.79 Å². The molecule has 0 aliphatic rings. The highest BCUT2D eigenvalue weighted by Crippen LogP contribution is 2.32. The van der Waals surface area contributed by atoms with Crippen molar-refractivity contribution in [3.05, 3.63) is 63.6 Å². The van der Waals surface area contributed by atoms with Crippen molar-refractivity contribution in [1.82, 2.24) is 4.90 Å². The first kappa shape index (κ1) is 16.7. The van der Waals surface area contributed by atoms with Crippen LogP contribution in [0.2, 0.25) is 10.0 Å². The Bertz CT molecular complexity index is 671. The van der Waals surface area contributed by atoms with Gasteiger partial charge in [-0.15, -0.1) is 0 Å². The van der Waals surface area contributed by atoms with Gasteiger partial charge in [0.15, 0.2) is 0 Å². The molecular weight excluding hydrogens is 319 g/mol. The second-order valence-electron chi connectivity index (χ2n) is 5.13. The van der Waals surface area contributed by atoms with Crippen molar-refractivity contribution in [2.75, 3.05) is 12.8 Å². The lowest BCUT2D eigenvalue weighted by molar-refractivity contribution is 0.0726. The summed E-state index contributed by atoms with van der Waals surface area (Å²) in [7, 11) is 1.78. The van der Waals surface area contributed by atoms with Crippen molar-refractivity contribution in [3.63, 3.8) is 0 Å². The second-order valence-corrected chi connectivity index (χ2v) is 5.97. The minimum absolute atomic E-state index is 0.0714. The summed E-state index contributed by atoms with van der Waals surface area (Å²) in [5.74, 6) is -0.0714. The fourth-order valence-electron chi connectivity index (χ4n) is 2.45. The van der Waals surface area contributed by atoms with E-state index in [0.29, 0.717) is 21.3 Å². The van der Waals surface area contributed by atoms with Crippen molar-refractivity contribution in [2.45, 2.75) is 19.4 Å². The molecule has 5 heteroatoms. The van der Waals surface area contributed by atoms with Gasteiger partial charge >= 0.3 is 0 Å². The average molecular weight is 337 g/mol. The minimum Gasteiger partial charge on any atom is -0.399 e. The largest absolute Gasteiger partial charge is 0.399 e. The molecule has 0 fully saturated rings. The number of carbonyl (C=O) groups excluding carboxylic acids is 1. The number of carbonyl (C=O) groups is 1. The van der Waals surface area contributed by atoms with E-state index in [1.807, 2.05) is 13.0 Å². The van der Waals surface area contributed by atoms with E-state index in [4.69, 9.17) is 28.9 Å². The monoisotopic (exact) mass is 336 g/mol. The lowest BCUT2D eigenvalue weighted by Crippen LogP contribution is -2.31. The Morgan fingerprint density at radius 2 is 1.82 bits per heavy atom. The summed E-state index contributed by atoms with van der Waals surface area (Å²) in [6, 6.07) is 12.1. The predicted molar refractivity (Wildman–Crippen MR) is 92.4 cm³/mol. The molecule has 116 valence electrons. The molecule has 1 atom stereocenters. The number of hydrogen-bond acceptors (Lipinski definition) is 2. The summed E-state index contributed by atoms with van der Waals surface area (Å²) in [5.41, 5.74) is 7.78. The number of hydrogen-bond donors (Lipinski definition) is 1. The van der Waals surface area contributed by atoms with Crippen LogP contribution < -0.4 is 5.73 Å². The fourth-order valence-corrected chi connectivity index (χ4v) is 2.98. The molecule has 0 heterocycles. The van der Waals surface area contributed by atoms with Crippen LogP contribution in [-0.2, 0) is 0 Å². The zero-order chi connectivity index (χ0) is 16.3. The lowest BCUT2D eigenvalue weighted by atomic mass is 10.0. The van der Waals surface area contributed by atoms with E-state index in [2.05, 4.69) is 0 Å². The molecule has 0 unspecified atom stereocenters. The van der Waals surface area contributed by atoms with E-state index >= 15 is 0 Å². The van der Waals surface area contributed by atoms with Crippen LogP contribution in [0.3, 0.4) is 0 Å². The summed E-state index contributed by atoms with van der Waals surface area (Å²) >= 11 is 12.2. The number of benzene rings is 2. The van der Waals surface area contributed by atoms with Crippen LogP contribution in [-0.4, -0.2) is 17.9 Å². The first-order valence-electron chi connectivity index (χ1n) is 7.01. The molecule has 2 aromatic carbocycles. The topological polar surface area (TPSA) is 46.3 Å². The summed E-state index contributed by atoms with van der Waals surface area (Å²) in [4.78, 5) is 14.3. The highest BCUT2D eigenvalue weighted by atomic mass is 35.5. The quantitative estimate of drug-likeness (QED) is 0.815. The van der Waals surface area contributed by atoms with Crippen LogP contribution in [0.5, 0.6) is 0 Å². The molecule has 0 saturated carbocycles. The standard InChI is InChI=1S/C17H18Cl2N2O/c1-3-16(14-9-6-12(18)10-15(14)19)21(2)17(22)11-4-7-13(20)8-5-11/h4-10,16H,3,20H2,1-2H3/t16-/m1/s1. The Morgan fingerprint density at radius 3 is 2.36 bits per heavy atom. The maximum Gasteiger partial charge on any atom is 0.254 e. The minimum atomic E-state index is -0.116. The van der Waals surface area contributed by atoms with Gasteiger partial charge in [-0.2, -0.15) is 0 Å². The van der Waals surface area contributed by atoms with Crippen molar-refractivity contribution in [1.29, 1.82) is 0 Å². The molecule has 22 heavy (non-hydrogen) atoms. The number of anilines is 1. The Balaban J connectivity index is 2.30. The third-order valence-electron chi connectivity index (χ3n) is 3.65. The van der Waals surface area contributed by atoms with Gasteiger partial charge in [-0.25, -0.2) is 0 Å². The molecule has 0 radical (unpaired) electrons. The molecule has 2 aromatic rings. The number of nitrogens with zero attached hydrogens (tertiary/aromatic N) is 1. The van der Waals surface area contributed by atoms with E-state index in [9.17, 15) is 4.79 Å². The molecule has 3 nitrogen and oxygen atoms in total. The van der Waals surface area contributed by atoms with Crippen LogP contribution in [0.4, 0.5) is 5.69 Å². The molecule has 0 aliphatic carbocycles. The van der Waals surface area contributed by atoms with Crippen LogP contribution in [0.15, 0.2) is 42.5 Å². The highest BCUT2D eigenvalue weighted by molar-refractivity contribution is 6.35. The Labute approximate surface area is 140 Å². The summed E-state index contributed by atoms with van der Waals surface area (Å²) in [6.07, 6.45) is 0.749. The van der Waals surface area contributed by atoms with Crippen LogP contribution >= 0.6 is 23.2 Å². The van der Waals surface area contributed by atoms with Crippen molar-refractivity contribution in [2.24, 2.45) is 0 Å². The third kappa shape index (κ3) is 3.54. The average Bonchev–Trinajstić information content (AvgIpc) is 2.50. The second kappa shape index (κ2) is 7.03. The molecule has 0 spiro atoms. The van der Waals surface area contributed by atoms with E-state index in [-0.39, 0.29) is 11.9 Å². The van der Waals surface area contributed by atoms with Gasteiger partial charge in [0, 0.05) is 28.3 Å². The first-order chi connectivity index (χ1) is 10.4. The Kier molecular flexibility index (Phi) is 5.33. The molecule has 0 saturated heterocycles. The summed E-state index contributed by atoms with van der Waals surface area (Å²) in [5, 5.41) is 1.15. The molecule has 0 aliphatic heterocycles. The molecular formula is C17H18Cl2N2O. The Morgan fingerprint density at radius 1 is 1.18 bits per heavy atom. The summed E-state index contributed by atoms with van der Waals surface area (Å²) < 4.78 is 0.